The Balaban J connectivity index is 1.87. The van der Waals surface area contributed by atoms with E-state index in [-0.39, 0.29) is 0 Å². The van der Waals surface area contributed by atoms with Crippen LogP contribution in [0, 0.1) is 26.7 Å². The highest BCUT2D eigenvalue weighted by Crippen LogP contribution is 2.44. The molecule has 1 aromatic rings. The lowest BCUT2D eigenvalue weighted by molar-refractivity contribution is 0.0309. The summed E-state index contributed by atoms with van der Waals surface area (Å²) in [4.78, 5) is 2.76. The second-order valence-electron chi connectivity index (χ2n) is 7.67. The first-order chi connectivity index (χ1) is 9.90. The Kier molecular flexibility index (Phi) is 3.87. The van der Waals surface area contributed by atoms with Gasteiger partial charge in [-0.1, -0.05) is 17.7 Å². The summed E-state index contributed by atoms with van der Waals surface area (Å²) >= 11 is 0. The highest BCUT2D eigenvalue weighted by Gasteiger charge is 2.47. The van der Waals surface area contributed by atoms with E-state index < -0.39 is 0 Å². The van der Waals surface area contributed by atoms with E-state index in [2.05, 4.69) is 57.0 Å². The van der Waals surface area contributed by atoms with Crippen molar-refractivity contribution in [2.45, 2.75) is 65.6 Å². The predicted molar refractivity (Wildman–Crippen MR) is 89.7 cm³/mol. The summed E-state index contributed by atoms with van der Waals surface area (Å²) < 4.78 is 0. The number of hydrogen-bond acceptors (Lipinski definition) is 2. The summed E-state index contributed by atoms with van der Waals surface area (Å²) in [6, 6.07) is 5.27. The monoisotopic (exact) mass is 286 g/mol. The van der Waals surface area contributed by atoms with Crippen LogP contribution >= 0.6 is 0 Å². The Hall–Kier alpha value is -0.860. The standard InChI is InChI=1S/C19H30N2/c1-13-8-14(2)18(15(3)9-13)11-21-10-16(4)20-12-19(21,5)17-6-7-17/h8-9,16-17,20H,6-7,10-12H2,1-5H3. The molecule has 0 radical (unpaired) electrons. The summed E-state index contributed by atoms with van der Waals surface area (Å²) in [5, 5.41) is 3.71. The Morgan fingerprint density at radius 2 is 1.81 bits per heavy atom. The zero-order chi connectivity index (χ0) is 15.2. The third kappa shape index (κ3) is 2.89. The molecule has 2 fully saturated rings. The van der Waals surface area contributed by atoms with Gasteiger partial charge in [-0.05, 0) is 70.1 Å². The minimum atomic E-state index is 0.344. The van der Waals surface area contributed by atoms with Crippen molar-refractivity contribution < 1.29 is 0 Å². The maximum Gasteiger partial charge on any atom is 0.0338 e. The van der Waals surface area contributed by atoms with Gasteiger partial charge in [-0.2, -0.15) is 0 Å². The van der Waals surface area contributed by atoms with Gasteiger partial charge in [0.05, 0.1) is 0 Å². The van der Waals surface area contributed by atoms with Crippen molar-refractivity contribution in [3.8, 4) is 0 Å². The average molecular weight is 286 g/mol. The summed E-state index contributed by atoms with van der Waals surface area (Å²) in [7, 11) is 0. The molecule has 1 saturated carbocycles. The molecule has 0 amide bonds. The summed E-state index contributed by atoms with van der Waals surface area (Å²) in [6.07, 6.45) is 2.82. The van der Waals surface area contributed by atoms with E-state index >= 15 is 0 Å². The first-order valence-corrected chi connectivity index (χ1v) is 8.45. The van der Waals surface area contributed by atoms with Crippen LogP contribution < -0.4 is 5.32 Å². The van der Waals surface area contributed by atoms with Crippen molar-refractivity contribution in [2.24, 2.45) is 5.92 Å². The number of nitrogens with zero attached hydrogens (tertiary/aromatic N) is 1. The van der Waals surface area contributed by atoms with Gasteiger partial charge in [0, 0.05) is 31.2 Å². The van der Waals surface area contributed by atoms with E-state index in [1.54, 1.807) is 5.56 Å². The lowest BCUT2D eigenvalue weighted by Crippen LogP contribution is -2.63. The minimum absolute atomic E-state index is 0.344. The summed E-state index contributed by atoms with van der Waals surface area (Å²) in [5.41, 5.74) is 6.18. The van der Waals surface area contributed by atoms with E-state index in [1.165, 1.54) is 36.1 Å². The average Bonchev–Trinajstić information content (AvgIpc) is 3.22. The van der Waals surface area contributed by atoms with Crippen LogP contribution in [0.1, 0.15) is 48.9 Å². The third-order valence-corrected chi connectivity index (χ3v) is 5.67. The number of hydrogen-bond donors (Lipinski definition) is 1. The maximum atomic E-state index is 3.71. The van der Waals surface area contributed by atoms with Gasteiger partial charge in [0.2, 0.25) is 0 Å². The van der Waals surface area contributed by atoms with Gasteiger partial charge in [0.15, 0.2) is 0 Å². The van der Waals surface area contributed by atoms with E-state index in [0.717, 1.165) is 19.0 Å². The molecule has 3 rings (SSSR count). The van der Waals surface area contributed by atoms with Crippen LogP contribution in [0.4, 0.5) is 0 Å². The van der Waals surface area contributed by atoms with Gasteiger partial charge in [-0.15, -0.1) is 0 Å². The van der Waals surface area contributed by atoms with Crippen LogP contribution in [0.3, 0.4) is 0 Å². The molecule has 0 spiro atoms. The number of benzene rings is 1. The van der Waals surface area contributed by atoms with Crippen LogP contribution in [0.5, 0.6) is 0 Å². The lowest BCUT2D eigenvalue weighted by Gasteiger charge is -2.48. The van der Waals surface area contributed by atoms with Gasteiger partial charge in [0.1, 0.15) is 0 Å². The molecule has 2 heteroatoms. The largest absolute Gasteiger partial charge is 0.311 e. The fraction of sp³-hybridized carbons (Fsp3) is 0.684. The fourth-order valence-corrected chi connectivity index (χ4v) is 4.10. The van der Waals surface area contributed by atoms with Gasteiger partial charge < -0.3 is 5.32 Å². The summed E-state index contributed by atoms with van der Waals surface area (Å²) in [5.74, 6) is 0.892. The molecule has 2 unspecified atom stereocenters. The third-order valence-electron chi connectivity index (χ3n) is 5.67. The van der Waals surface area contributed by atoms with Crippen LogP contribution in [0.25, 0.3) is 0 Å². The molecule has 0 bridgehead atoms. The first kappa shape index (κ1) is 15.1. The number of piperazine rings is 1. The molecule has 21 heavy (non-hydrogen) atoms. The van der Waals surface area contributed by atoms with Crippen molar-refractivity contribution in [2.75, 3.05) is 13.1 Å². The molecule has 1 saturated heterocycles. The molecule has 2 aliphatic rings. The molecule has 1 aromatic carbocycles. The first-order valence-electron chi connectivity index (χ1n) is 8.45. The Morgan fingerprint density at radius 1 is 1.19 bits per heavy atom. The molecule has 2 nitrogen and oxygen atoms in total. The van der Waals surface area contributed by atoms with Gasteiger partial charge >= 0.3 is 0 Å². The molecule has 2 atom stereocenters. The number of rotatable bonds is 3. The molecule has 1 heterocycles. The van der Waals surface area contributed by atoms with Crippen LogP contribution in [-0.4, -0.2) is 29.6 Å². The highest BCUT2D eigenvalue weighted by molar-refractivity contribution is 5.37. The molecule has 1 aliphatic carbocycles. The normalized spacial score (nSPS) is 30.6. The molecule has 1 N–H and O–H groups in total. The highest BCUT2D eigenvalue weighted by atomic mass is 15.3. The van der Waals surface area contributed by atoms with Gasteiger partial charge in [-0.3, -0.25) is 4.90 Å². The minimum Gasteiger partial charge on any atom is -0.311 e. The van der Waals surface area contributed by atoms with Gasteiger partial charge in [0.25, 0.3) is 0 Å². The van der Waals surface area contributed by atoms with Crippen LogP contribution in [0.15, 0.2) is 12.1 Å². The second kappa shape index (κ2) is 5.40. The Morgan fingerprint density at radius 3 is 2.38 bits per heavy atom. The number of nitrogens with one attached hydrogen (secondary N) is 1. The van der Waals surface area contributed by atoms with Crippen molar-refractivity contribution in [3.63, 3.8) is 0 Å². The van der Waals surface area contributed by atoms with Crippen molar-refractivity contribution in [3.05, 3.63) is 34.4 Å². The smallest absolute Gasteiger partial charge is 0.0338 e. The molecule has 0 aromatic heterocycles. The molecular formula is C19H30N2. The predicted octanol–water partition coefficient (Wildman–Crippen LogP) is 3.57. The lowest BCUT2D eigenvalue weighted by atomic mass is 9.88. The zero-order valence-electron chi connectivity index (χ0n) is 14.3. The van der Waals surface area contributed by atoms with Crippen molar-refractivity contribution in [1.82, 2.24) is 10.2 Å². The summed E-state index contributed by atoms with van der Waals surface area (Å²) in [6.45, 7) is 15.0. The quantitative estimate of drug-likeness (QED) is 0.914. The zero-order valence-corrected chi connectivity index (χ0v) is 14.3. The van der Waals surface area contributed by atoms with E-state index in [9.17, 15) is 0 Å². The molecule has 1 aliphatic heterocycles. The fourth-order valence-electron chi connectivity index (χ4n) is 4.10. The Bertz CT molecular complexity index is 509. The van der Waals surface area contributed by atoms with Crippen LogP contribution in [0.2, 0.25) is 0 Å². The van der Waals surface area contributed by atoms with E-state index in [4.69, 9.17) is 0 Å². The maximum absolute atomic E-state index is 3.71. The number of aryl methyl sites for hydroxylation is 3. The van der Waals surface area contributed by atoms with E-state index in [0.29, 0.717) is 11.6 Å². The SMILES string of the molecule is Cc1cc(C)c(CN2CC(C)NCC2(C)C2CC2)c(C)c1. The Labute approximate surface area is 129 Å². The van der Waals surface area contributed by atoms with Crippen LogP contribution in [-0.2, 0) is 6.54 Å². The molecule has 116 valence electrons. The second-order valence-corrected chi connectivity index (χ2v) is 7.67. The van der Waals surface area contributed by atoms with Crippen molar-refractivity contribution in [1.29, 1.82) is 0 Å². The van der Waals surface area contributed by atoms with Gasteiger partial charge in [-0.25, -0.2) is 0 Å². The van der Waals surface area contributed by atoms with Crippen molar-refractivity contribution >= 4 is 0 Å². The molecular weight excluding hydrogens is 256 g/mol. The van der Waals surface area contributed by atoms with E-state index in [1.807, 2.05) is 0 Å². The topological polar surface area (TPSA) is 15.3 Å².